The lowest BCUT2D eigenvalue weighted by Gasteiger charge is -2.15. The number of nitrogens with one attached hydrogen (secondary N) is 2. The van der Waals surface area contributed by atoms with Crippen LogP contribution in [0, 0.1) is 0 Å². The highest BCUT2D eigenvalue weighted by Crippen LogP contribution is 2.29. The molecule has 4 N–H and O–H groups in total. The Kier molecular flexibility index (Phi) is 5.18. The maximum atomic E-state index is 12.7. The van der Waals surface area contributed by atoms with Crippen LogP contribution in [0.15, 0.2) is 6.07 Å². The Labute approximate surface area is 120 Å². The number of rotatable bonds is 6. The van der Waals surface area contributed by atoms with Crippen LogP contribution in [0.1, 0.15) is 25.0 Å². The molecule has 0 amide bonds. The summed E-state index contributed by atoms with van der Waals surface area (Å²) in [7, 11) is 0. The molecule has 2 rings (SSSR count). The van der Waals surface area contributed by atoms with Gasteiger partial charge in [0.2, 0.25) is 5.95 Å². The van der Waals surface area contributed by atoms with E-state index in [-0.39, 0.29) is 11.8 Å². The van der Waals surface area contributed by atoms with Gasteiger partial charge < -0.3 is 10.2 Å². The maximum absolute atomic E-state index is 12.7. The first-order valence-corrected chi connectivity index (χ1v) is 6.88. The van der Waals surface area contributed by atoms with Crippen molar-refractivity contribution >= 4 is 11.8 Å². The molecule has 1 aliphatic heterocycles. The summed E-state index contributed by atoms with van der Waals surface area (Å²) in [5.74, 6) is 4.95. The van der Waals surface area contributed by atoms with E-state index in [9.17, 15) is 13.2 Å². The van der Waals surface area contributed by atoms with Gasteiger partial charge in [0.1, 0.15) is 5.82 Å². The smallest absolute Gasteiger partial charge is 0.370 e. The minimum atomic E-state index is -4.53. The van der Waals surface area contributed by atoms with Crippen LogP contribution in [0.5, 0.6) is 0 Å². The largest absolute Gasteiger partial charge is 0.433 e. The van der Waals surface area contributed by atoms with Crippen molar-refractivity contribution in [1.82, 2.24) is 14.9 Å². The van der Waals surface area contributed by atoms with Crippen LogP contribution in [0.4, 0.5) is 24.9 Å². The molecule has 6 nitrogen and oxygen atoms in total. The monoisotopic (exact) mass is 304 g/mol. The number of hydrogen-bond donors (Lipinski definition) is 3. The Morgan fingerprint density at radius 1 is 1.24 bits per heavy atom. The molecule has 21 heavy (non-hydrogen) atoms. The highest BCUT2D eigenvalue weighted by atomic mass is 19.4. The number of likely N-dealkylation sites (tertiary alicyclic amines) is 1. The van der Waals surface area contributed by atoms with Gasteiger partial charge >= 0.3 is 6.18 Å². The minimum absolute atomic E-state index is 0.117. The quantitative estimate of drug-likeness (QED) is 0.421. The van der Waals surface area contributed by atoms with Crippen molar-refractivity contribution in [3.8, 4) is 0 Å². The van der Waals surface area contributed by atoms with Crippen LogP contribution >= 0.6 is 0 Å². The van der Waals surface area contributed by atoms with E-state index in [1.165, 1.54) is 12.8 Å². The van der Waals surface area contributed by atoms with Crippen molar-refractivity contribution in [3.05, 3.63) is 11.8 Å². The number of hydrogen-bond acceptors (Lipinski definition) is 6. The summed E-state index contributed by atoms with van der Waals surface area (Å²) in [6.45, 7) is 3.70. The maximum Gasteiger partial charge on any atom is 0.433 e. The van der Waals surface area contributed by atoms with Crippen molar-refractivity contribution in [1.29, 1.82) is 0 Å². The SMILES string of the molecule is NNc1nc(NCCCN2CCCC2)cc(C(F)(F)F)n1. The third-order valence-electron chi connectivity index (χ3n) is 3.30. The van der Waals surface area contributed by atoms with Crippen LogP contribution in [0.3, 0.4) is 0 Å². The van der Waals surface area contributed by atoms with Gasteiger partial charge in [-0.3, -0.25) is 5.43 Å². The summed E-state index contributed by atoms with van der Waals surface area (Å²) in [6.07, 6.45) is -1.24. The zero-order chi connectivity index (χ0) is 15.3. The Bertz CT molecular complexity index is 459. The molecule has 0 saturated carbocycles. The van der Waals surface area contributed by atoms with E-state index >= 15 is 0 Å². The zero-order valence-corrected chi connectivity index (χ0v) is 11.6. The number of nitrogens with two attached hydrogens (primary N) is 1. The summed E-state index contributed by atoms with van der Waals surface area (Å²) in [6, 6.07) is 0.886. The third kappa shape index (κ3) is 4.71. The molecule has 1 aromatic heterocycles. The molecule has 0 radical (unpaired) electrons. The summed E-state index contributed by atoms with van der Waals surface area (Å²) in [4.78, 5) is 9.50. The molecule has 0 aromatic carbocycles. The highest BCUT2D eigenvalue weighted by Gasteiger charge is 2.33. The summed E-state index contributed by atoms with van der Waals surface area (Å²) in [5, 5.41) is 2.88. The van der Waals surface area contributed by atoms with E-state index in [1.807, 2.05) is 5.43 Å². The Hall–Kier alpha value is -1.61. The van der Waals surface area contributed by atoms with Crippen molar-refractivity contribution in [2.75, 3.05) is 36.9 Å². The van der Waals surface area contributed by atoms with Crippen LogP contribution < -0.4 is 16.6 Å². The number of hydrazine groups is 1. The van der Waals surface area contributed by atoms with E-state index in [4.69, 9.17) is 5.84 Å². The van der Waals surface area contributed by atoms with Crippen LogP contribution in [-0.2, 0) is 6.18 Å². The Balaban J connectivity index is 1.89. The lowest BCUT2D eigenvalue weighted by molar-refractivity contribution is -0.141. The van der Waals surface area contributed by atoms with Gasteiger partial charge in [-0.1, -0.05) is 0 Å². The first-order chi connectivity index (χ1) is 9.99. The molecular formula is C12H19F3N6. The summed E-state index contributed by atoms with van der Waals surface area (Å²) >= 11 is 0. The van der Waals surface area contributed by atoms with Gasteiger partial charge in [0.15, 0.2) is 5.69 Å². The third-order valence-corrected chi connectivity index (χ3v) is 3.30. The average molecular weight is 304 g/mol. The van der Waals surface area contributed by atoms with Crippen LogP contribution in [0.25, 0.3) is 0 Å². The van der Waals surface area contributed by atoms with Crippen LogP contribution in [-0.4, -0.2) is 41.0 Å². The topological polar surface area (TPSA) is 79.1 Å². The van der Waals surface area contributed by atoms with E-state index < -0.39 is 11.9 Å². The van der Waals surface area contributed by atoms with Gasteiger partial charge in [-0.15, -0.1) is 0 Å². The van der Waals surface area contributed by atoms with Crippen molar-refractivity contribution in [2.45, 2.75) is 25.4 Å². The molecular weight excluding hydrogens is 285 g/mol. The van der Waals surface area contributed by atoms with Gasteiger partial charge in [0.25, 0.3) is 0 Å². The number of anilines is 2. The first kappa shape index (κ1) is 15.8. The van der Waals surface area contributed by atoms with Crippen molar-refractivity contribution < 1.29 is 13.2 Å². The van der Waals surface area contributed by atoms with Crippen LogP contribution in [0.2, 0.25) is 0 Å². The van der Waals surface area contributed by atoms with Gasteiger partial charge in [-0.25, -0.2) is 10.8 Å². The molecule has 1 saturated heterocycles. The molecule has 2 heterocycles. The first-order valence-electron chi connectivity index (χ1n) is 6.88. The zero-order valence-electron chi connectivity index (χ0n) is 11.6. The molecule has 118 valence electrons. The Morgan fingerprint density at radius 3 is 2.57 bits per heavy atom. The normalized spacial score (nSPS) is 16.2. The molecule has 1 fully saturated rings. The molecule has 0 atom stereocenters. The molecule has 1 aromatic rings. The second-order valence-corrected chi connectivity index (χ2v) is 4.93. The predicted molar refractivity (Wildman–Crippen MR) is 73.6 cm³/mol. The number of halogens is 3. The molecule has 0 unspecified atom stereocenters. The summed E-state index contributed by atoms with van der Waals surface area (Å²) < 4.78 is 38.1. The molecule has 0 aliphatic carbocycles. The fourth-order valence-electron chi connectivity index (χ4n) is 2.27. The highest BCUT2D eigenvalue weighted by molar-refractivity contribution is 5.42. The number of nitrogens with zero attached hydrogens (tertiary/aromatic N) is 3. The molecule has 9 heteroatoms. The van der Waals surface area contributed by atoms with Crippen molar-refractivity contribution in [3.63, 3.8) is 0 Å². The average Bonchev–Trinajstić information content (AvgIpc) is 2.95. The van der Waals surface area contributed by atoms with E-state index in [2.05, 4.69) is 20.2 Å². The molecule has 0 spiro atoms. The lowest BCUT2D eigenvalue weighted by atomic mass is 10.3. The predicted octanol–water partition coefficient (Wildman–Crippen LogP) is 1.68. The van der Waals surface area contributed by atoms with Gasteiger partial charge in [-0.2, -0.15) is 18.2 Å². The van der Waals surface area contributed by atoms with Crippen molar-refractivity contribution in [2.24, 2.45) is 5.84 Å². The fraction of sp³-hybridized carbons (Fsp3) is 0.667. The number of nitrogen functional groups attached to an aromatic ring is 1. The van der Waals surface area contributed by atoms with Gasteiger partial charge in [-0.05, 0) is 38.9 Å². The van der Waals surface area contributed by atoms with E-state index in [1.54, 1.807) is 0 Å². The second kappa shape index (κ2) is 6.90. The van der Waals surface area contributed by atoms with Gasteiger partial charge in [0.05, 0.1) is 0 Å². The number of aromatic nitrogens is 2. The number of alkyl halides is 3. The van der Waals surface area contributed by atoms with E-state index in [0.29, 0.717) is 6.54 Å². The Morgan fingerprint density at radius 2 is 1.95 bits per heavy atom. The summed E-state index contributed by atoms with van der Waals surface area (Å²) in [5.41, 5.74) is 1.02. The standard InChI is InChI=1S/C12H19F3N6/c13-12(14,15)9-8-10(19-11(18-9)20-16)17-4-3-7-21-5-1-2-6-21/h8H,1-7,16H2,(H2,17,18,19,20). The second-order valence-electron chi connectivity index (χ2n) is 4.93. The van der Waals surface area contributed by atoms with E-state index in [0.717, 1.165) is 32.1 Å². The molecule has 1 aliphatic rings. The van der Waals surface area contributed by atoms with Gasteiger partial charge in [0, 0.05) is 12.6 Å². The lowest BCUT2D eigenvalue weighted by Crippen LogP contribution is -2.22. The fourth-order valence-corrected chi connectivity index (χ4v) is 2.27. The molecule has 0 bridgehead atoms. The minimum Gasteiger partial charge on any atom is -0.370 e.